The smallest absolute Gasteiger partial charge is 0.309 e. The summed E-state index contributed by atoms with van der Waals surface area (Å²) in [6, 6.07) is 0.921. The third kappa shape index (κ3) is 2.03. The minimum absolute atomic E-state index is 0.0213. The van der Waals surface area contributed by atoms with Crippen molar-refractivity contribution in [2.45, 2.75) is 6.42 Å². The van der Waals surface area contributed by atoms with Crippen LogP contribution in [-0.4, -0.2) is 28.3 Å². The number of carboxylic acid groups (broad SMARTS) is 1. The number of rotatable bonds is 3. The molecule has 0 aliphatic heterocycles. The molecule has 1 aromatic rings. The number of aromatic hydroxyl groups is 1. The molecule has 1 rings (SSSR count). The normalized spacial score (nSPS) is 9.79. The number of hydrogen-bond acceptors (Lipinski definition) is 4. The molecule has 0 saturated heterocycles. The average Bonchev–Trinajstić information content (AvgIpc) is 2.01. The molecule has 0 spiro atoms. The van der Waals surface area contributed by atoms with Crippen molar-refractivity contribution in [3.8, 4) is 11.5 Å². The number of pyridine rings is 1. The Balaban J connectivity index is 3.24. The predicted molar refractivity (Wildman–Crippen MR) is 46.6 cm³/mol. The molecule has 0 radical (unpaired) electrons. The number of aliphatic carboxylic acids is 1. The first-order chi connectivity index (χ1) is 6.54. The molecule has 14 heavy (non-hydrogen) atoms. The summed E-state index contributed by atoms with van der Waals surface area (Å²) in [5, 5.41) is 17.8. The van der Waals surface area contributed by atoms with E-state index in [9.17, 15) is 14.7 Å². The van der Waals surface area contributed by atoms with Crippen LogP contribution >= 0.6 is 0 Å². The fourth-order valence-electron chi connectivity index (χ4n) is 1.09. The second kappa shape index (κ2) is 3.82. The molecule has 0 unspecified atom stereocenters. The van der Waals surface area contributed by atoms with Gasteiger partial charge in [0, 0.05) is 6.07 Å². The van der Waals surface area contributed by atoms with Crippen LogP contribution in [0.5, 0.6) is 11.5 Å². The minimum atomic E-state index is -1.12. The summed E-state index contributed by atoms with van der Waals surface area (Å²) in [6.45, 7) is 0. The Hall–Kier alpha value is -1.98. The van der Waals surface area contributed by atoms with Crippen LogP contribution in [0.1, 0.15) is 5.69 Å². The van der Waals surface area contributed by atoms with Crippen LogP contribution in [0.3, 0.4) is 0 Å². The number of nitrogens with one attached hydrogen (secondary N) is 1. The molecule has 76 valence electrons. The SMILES string of the molecule is COc1c(O)cc(=O)[nH]c1CC(=O)O. The summed E-state index contributed by atoms with van der Waals surface area (Å²) >= 11 is 0. The highest BCUT2D eigenvalue weighted by molar-refractivity contribution is 5.71. The lowest BCUT2D eigenvalue weighted by molar-refractivity contribution is -0.136. The van der Waals surface area contributed by atoms with Gasteiger partial charge in [-0.2, -0.15) is 0 Å². The lowest BCUT2D eigenvalue weighted by Crippen LogP contribution is -2.12. The summed E-state index contributed by atoms with van der Waals surface area (Å²) in [5.41, 5.74) is -0.524. The number of aromatic amines is 1. The molecule has 3 N–H and O–H groups in total. The van der Waals surface area contributed by atoms with Gasteiger partial charge in [-0.25, -0.2) is 0 Å². The highest BCUT2D eigenvalue weighted by atomic mass is 16.5. The number of carbonyl (C=O) groups is 1. The number of carboxylic acids is 1. The summed E-state index contributed by atoms with van der Waals surface area (Å²) < 4.78 is 4.75. The highest BCUT2D eigenvalue weighted by Crippen LogP contribution is 2.26. The fraction of sp³-hybridized carbons (Fsp3) is 0.250. The fourth-order valence-corrected chi connectivity index (χ4v) is 1.09. The van der Waals surface area contributed by atoms with Crippen molar-refractivity contribution in [1.82, 2.24) is 4.98 Å². The topological polar surface area (TPSA) is 99.6 Å². The van der Waals surface area contributed by atoms with Gasteiger partial charge in [0.05, 0.1) is 19.2 Å². The maximum Gasteiger partial charge on any atom is 0.309 e. The van der Waals surface area contributed by atoms with Crippen LogP contribution in [0.25, 0.3) is 0 Å². The molecule has 6 heteroatoms. The number of methoxy groups -OCH3 is 1. The zero-order valence-electron chi connectivity index (χ0n) is 7.40. The zero-order valence-corrected chi connectivity index (χ0v) is 7.40. The maximum atomic E-state index is 10.9. The van der Waals surface area contributed by atoms with Gasteiger partial charge in [-0.15, -0.1) is 0 Å². The monoisotopic (exact) mass is 199 g/mol. The van der Waals surface area contributed by atoms with Crippen molar-refractivity contribution in [3.63, 3.8) is 0 Å². The molecular weight excluding hydrogens is 190 g/mol. The Morgan fingerprint density at radius 2 is 2.29 bits per heavy atom. The van der Waals surface area contributed by atoms with Gasteiger partial charge in [-0.1, -0.05) is 0 Å². The van der Waals surface area contributed by atoms with E-state index < -0.39 is 17.9 Å². The third-order valence-corrected chi connectivity index (χ3v) is 1.58. The van der Waals surface area contributed by atoms with E-state index in [1.54, 1.807) is 0 Å². The van der Waals surface area contributed by atoms with Gasteiger partial charge in [-0.05, 0) is 0 Å². The van der Waals surface area contributed by atoms with E-state index in [0.29, 0.717) is 0 Å². The van der Waals surface area contributed by atoms with E-state index in [1.165, 1.54) is 7.11 Å². The van der Waals surface area contributed by atoms with Gasteiger partial charge in [0.2, 0.25) is 0 Å². The second-order valence-electron chi connectivity index (χ2n) is 2.60. The van der Waals surface area contributed by atoms with Crippen LogP contribution in [0.4, 0.5) is 0 Å². The van der Waals surface area contributed by atoms with Crippen molar-refractivity contribution >= 4 is 5.97 Å². The van der Waals surface area contributed by atoms with Crippen LogP contribution in [0.15, 0.2) is 10.9 Å². The number of H-pyrrole nitrogens is 1. The first-order valence-corrected chi connectivity index (χ1v) is 3.75. The quantitative estimate of drug-likeness (QED) is 0.621. The van der Waals surface area contributed by atoms with E-state index in [0.717, 1.165) is 6.07 Å². The molecule has 6 nitrogen and oxygen atoms in total. The van der Waals surface area contributed by atoms with Crippen LogP contribution in [-0.2, 0) is 11.2 Å². The van der Waals surface area contributed by atoms with E-state index in [2.05, 4.69) is 4.98 Å². The molecule has 0 aromatic carbocycles. The van der Waals surface area contributed by atoms with E-state index in [1.807, 2.05) is 0 Å². The second-order valence-corrected chi connectivity index (χ2v) is 2.60. The van der Waals surface area contributed by atoms with Crippen LogP contribution in [0.2, 0.25) is 0 Å². The minimum Gasteiger partial charge on any atom is -0.504 e. The standard InChI is InChI=1S/C8H9NO5/c1-14-8-4(2-7(12)13)9-6(11)3-5(8)10/h3H,2H2,1H3,(H,12,13)(H2,9,10,11). The lowest BCUT2D eigenvalue weighted by Gasteiger charge is -2.07. The molecular formula is C8H9NO5. The predicted octanol–water partition coefficient (Wildman–Crippen LogP) is -0.284. The Kier molecular flexibility index (Phi) is 2.76. The van der Waals surface area contributed by atoms with Gasteiger partial charge in [0.1, 0.15) is 0 Å². The van der Waals surface area contributed by atoms with Crippen molar-refractivity contribution in [3.05, 3.63) is 22.1 Å². The molecule has 0 aliphatic carbocycles. The van der Waals surface area contributed by atoms with Gasteiger partial charge in [0.25, 0.3) is 5.56 Å². The molecule has 0 bridgehead atoms. The van der Waals surface area contributed by atoms with Crippen LogP contribution in [0, 0.1) is 0 Å². The third-order valence-electron chi connectivity index (χ3n) is 1.58. The summed E-state index contributed by atoms with van der Waals surface area (Å²) in [4.78, 5) is 23.6. The van der Waals surface area contributed by atoms with Crippen LogP contribution < -0.4 is 10.3 Å². The van der Waals surface area contributed by atoms with Gasteiger partial charge >= 0.3 is 5.97 Å². The number of aromatic nitrogens is 1. The van der Waals surface area contributed by atoms with Crippen molar-refractivity contribution in [2.24, 2.45) is 0 Å². The molecule has 0 saturated carbocycles. The molecule has 1 aromatic heterocycles. The summed E-state index contributed by atoms with van der Waals surface area (Å²) in [6.07, 6.45) is -0.410. The van der Waals surface area contributed by atoms with Gasteiger partial charge < -0.3 is 19.9 Å². The Labute approximate surface area is 78.8 Å². The van der Waals surface area contributed by atoms with Crippen molar-refractivity contribution in [1.29, 1.82) is 0 Å². The largest absolute Gasteiger partial charge is 0.504 e. The lowest BCUT2D eigenvalue weighted by atomic mass is 10.2. The Morgan fingerprint density at radius 3 is 2.79 bits per heavy atom. The molecule has 1 heterocycles. The summed E-state index contributed by atoms with van der Waals surface area (Å²) in [5.74, 6) is -1.51. The van der Waals surface area contributed by atoms with Crippen molar-refractivity contribution < 1.29 is 19.7 Å². The molecule has 0 atom stereocenters. The number of ether oxygens (including phenoxy) is 1. The van der Waals surface area contributed by atoms with Gasteiger partial charge in [-0.3, -0.25) is 9.59 Å². The Morgan fingerprint density at radius 1 is 1.64 bits per heavy atom. The highest BCUT2D eigenvalue weighted by Gasteiger charge is 2.13. The zero-order chi connectivity index (χ0) is 10.7. The first-order valence-electron chi connectivity index (χ1n) is 3.75. The summed E-state index contributed by atoms with van der Waals surface area (Å²) in [7, 11) is 1.28. The molecule has 0 amide bonds. The Bertz CT molecular complexity index is 409. The number of hydrogen-bond donors (Lipinski definition) is 3. The maximum absolute atomic E-state index is 10.9. The van der Waals surface area contributed by atoms with Gasteiger partial charge in [0.15, 0.2) is 11.5 Å². The average molecular weight is 199 g/mol. The van der Waals surface area contributed by atoms with Crippen molar-refractivity contribution in [2.75, 3.05) is 7.11 Å². The van der Waals surface area contributed by atoms with E-state index in [4.69, 9.17) is 9.84 Å². The first kappa shape index (κ1) is 10.1. The van der Waals surface area contributed by atoms with E-state index in [-0.39, 0.29) is 17.2 Å². The molecule has 0 aliphatic rings. The molecule has 0 fully saturated rings. The van der Waals surface area contributed by atoms with E-state index >= 15 is 0 Å².